The normalized spacial score (nSPS) is 19.5. The number of hydrogen-bond acceptors (Lipinski definition) is 10. The lowest BCUT2D eigenvalue weighted by molar-refractivity contribution is -0.135. The molecule has 48 heavy (non-hydrogen) atoms. The highest BCUT2D eigenvalue weighted by Crippen LogP contribution is 2.33. The predicted molar refractivity (Wildman–Crippen MR) is 183 cm³/mol. The number of aliphatic hydroxyl groups excluding tert-OH is 2. The minimum absolute atomic E-state index is 0.0444. The van der Waals surface area contributed by atoms with Gasteiger partial charge in [0.2, 0.25) is 10.0 Å². The second-order valence-electron chi connectivity index (χ2n) is 11.2. The summed E-state index contributed by atoms with van der Waals surface area (Å²) in [5, 5.41) is 27.6. The molecule has 252 valence electrons. The number of hydrogen-bond donors (Lipinski definition) is 5. The molecule has 4 atom stereocenters. The molecule has 1 saturated heterocycles. The number of amides is 1. The molecule has 0 unspecified atom stereocenters. The van der Waals surface area contributed by atoms with E-state index >= 15 is 0 Å². The summed E-state index contributed by atoms with van der Waals surface area (Å²) in [6.45, 7) is 3.98. The number of anilines is 1. The molecule has 1 amide bonds. The summed E-state index contributed by atoms with van der Waals surface area (Å²) in [4.78, 5) is 26.5. The summed E-state index contributed by atoms with van der Waals surface area (Å²) < 4.78 is 34.5. The number of carbonyl (C=O) groups excluding carboxylic acids is 1. The highest BCUT2D eigenvalue weighted by molar-refractivity contribution is 7.89. The molecule has 5 rings (SSSR count). The maximum atomic E-state index is 13.1. The fraction of sp³-hybridized carbons (Fsp3) is 0.314. The molecule has 3 aromatic carbocycles. The molecule has 0 saturated carbocycles. The Morgan fingerprint density at radius 3 is 2.12 bits per heavy atom. The first kappa shape index (κ1) is 34.8. The predicted octanol–water partition coefficient (Wildman–Crippen LogP) is 3.09. The van der Waals surface area contributed by atoms with E-state index in [0.29, 0.717) is 30.3 Å². The maximum Gasteiger partial charge on any atom is 0.251 e. The Morgan fingerprint density at radius 1 is 0.938 bits per heavy atom. The van der Waals surface area contributed by atoms with E-state index in [0.717, 1.165) is 11.1 Å². The van der Waals surface area contributed by atoms with Gasteiger partial charge in [0.05, 0.1) is 23.2 Å². The first-order chi connectivity index (χ1) is 23.2. The Balaban J connectivity index is 1.50. The second kappa shape index (κ2) is 16.0. The van der Waals surface area contributed by atoms with Gasteiger partial charge in [-0.2, -0.15) is 0 Å². The molecule has 1 aliphatic heterocycles. The lowest BCUT2D eigenvalue weighted by Crippen LogP contribution is -2.42. The van der Waals surface area contributed by atoms with E-state index in [9.17, 15) is 23.4 Å². The van der Waals surface area contributed by atoms with Crippen LogP contribution in [0.5, 0.6) is 0 Å². The number of sulfonamides is 1. The summed E-state index contributed by atoms with van der Waals surface area (Å²) in [6, 6.07) is 28.0. The van der Waals surface area contributed by atoms with Crippen molar-refractivity contribution in [1.82, 2.24) is 20.0 Å². The molecule has 4 aromatic rings. The fourth-order valence-corrected chi connectivity index (χ4v) is 6.60. The van der Waals surface area contributed by atoms with Gasteiger partial charge in [-0.3, -0.25) is 9.79 Å². The Bertz CT molecular complexity index is 1760. The Hall–Kier alpha value is -4.53. The van der Waals surface area contributed by atoms with Gasteiger partial charge in [-0.05, 0) is 37.1 Å². The third-order valence-electron chi connectivity index (χ3n) is 7.98. The molecule has 0 spiro atoms. The Kier molecular flexibility index (Phi) is 11.6. The van der Waals surface area contributed by atoms with E-state index in [1.807, 2.05) is 36.4 Å². The average molecular weight is 673 g/mol. The van der Waals surface area contributed by atoms with Gasteiger partial charge in [0.25, 0.3) is 5.91 Å². The van der Waals surface area contributed by atoms with Crippen molar-refractivity contribution in [3.8, 4) is 0 Å². The van der Waals surface area contributed by atoms with E-state index in [2.05, 4.69) is 49.6 Å². The third kappa shape index (κ3) is 8.30. The summed E-state index contributed by atoms with van der Waals surface area (Å²) in [7, 11) is -3.89. The minimum Gasteiger partial charge on any atom is -0.388 e. The van der Waals surface area contributed by atoms with Crippen LogP contribution in [0.2, 0.25) is 0 Å². The highest BCUT2D eigenvalue weighted by Gasteiger charge is 2.46. The van der Waals surface area contributed by atoms with E-state index < -0.39 is 40.3 Å². The second-order valence-corrected chi connectivity index (χ2v) is 13.0. The zero-order valence-corrected chi connectivity index (χ0v) is 27.5. The molecule has 0 radical (unpaired) electrons. The molecule has 12 nitrogen and oxygen atoms in total. The lowest BCUT2D eigenvalue weighted by Gasteiger charge is -2.22. The number of aliphatic hydroxyl groups is 2. The van der Waals surface area contributed by atoms with Gasteiger partial charge in [-0.15, -0.1) is 0 Å². The first-order valence-corrected chi connectivity index (χ1v) is 17.3. The van der Waals surface area contributed by atoms with Gasteiger partial charge in [-0.25, -0.2) is 23.1 Å². The number of benzene rings is 3. The summed E-state index contributed by atoms with van der Waals surface area (Å²) in [5.41, 5.74) is 2.85. The first-order valence-electron chi connectivity index (χ1n) is 15.8. The molecular weight excluding hydrogens is 632 g/mol. The van der Waals surface area contributed by atoms with E-state index in [4.69, 9.17) is 9.72 Å². The van der Waals surface area contributed by atoms with Gasteiger partial charge < -0.3 is 25.6 Å². The number of rotatable bonds is 14. The number of likely N-dealkylation sites (N-methyl/N-ethyl adjacent to an activating group) is 1. The van der Waals surface area contributed by atoms with Crippen LogP contribution in [0.4, 0.5) is 11.5 Å². The minimum atomic E-state index is -3.89. The Morgan fingerprint density at radius 2 is 1.54 bits per heavy atom. The molecule has 1 aliphatic rings. The van der Waals surface area contributed by atoms with Gasteiger partial charge >= 0.3 is 0 Å². The van der Waals surface area contributed by atoms with Crippen LogP contribution >= 0.6 is 0 Å². The quantitative estimate of drug-likeness (QED) is 0.126. The standard InChI is InChI=1S/C35H40N6O6S/c1-3-36-30-27(20-28-31(42)32(43)33(47-28)35(44)37-4-2)40-29(22-39-48(45,46)25-18-12-7-13-19-25)41-34(30)38-21-26(23-14-8-5-9-15-23)24-16-10-6-11-17-24/h3,5-19,26,28,31-33,39,42-43H,4,20-22H2,1-2H3,(H,37,44)(H,38,40,41)/t28-,31-,32-,33-/m0/s1. The summed E-state index contributed by atoms with van der Waals surface area (Å²) in [6.07, 6.45) is -3.57. The van der Waals surface area contributed by atoms with Crippen LogP contribution in [0, 0.1) is 0 Å². The van der Waals surface area contributed by atoms with Gasteiger partial charge in [0, 0.05) is 31.6 Å². The van der Waals surface area contributed by atoms with Crippen molar-refractivity contribution in [2.24, 2.45) is 4.99 Å². The summed E-state index contributed by atoms with van der Waals surface area (Å²) >= 11 is 0. The van der Waals surface area contributed by atoms with Crippen molar-refractivity contribution in [2.75, 3.05) is 18.4 Å². The maximum absolute atomic E-state index is 13.1. The smallest absolute Gasteiger partial charge is 0.251 e. The molecule has 13 heteroatoms. The van der Waals surface area contributed by atoms with Crippen LogP contribution in [-0.4, -0.2) is 78.2 Å². The van der Waals surface area contributed by atoms with Crippen LogP contribution in [0.1, 0.15) is 42.4 Å². The van der Waals surface area contributed by atoms with Crippen molar-refractivity contribution in [2.45, 2.75) is 62.0 Å². The zero-order chi connectivity index (χ0) is 34.1. The van der Waals surface area contributed by atoms with Crippen molar-refractivity contribution >= 4 is 33.7 Å². The monoisotopic (exact) mass is 672 g/mol. The van der Waals surface area contributed by atoms with Crippen molar-refractivity contribution < 1.29 is 28.2 Å². The molecular formula is C35H40N6O6S. The average Bonchev–Trinajstić information content (AvgIpc) is 3.39. The Labute approximate surface area is 280 Å². The lowest BCUT2D eigenvalue weighted by atomic mass is 9.91. The molecule has 5 N–H and O–H groups in total. The van der Waals surface area contributed by atoms with E-state index in [1.54, 1.807) is 38.3 Å². The number of carbonyl (C=O) groups is 1. The third-order valence-corrected chi connectivity index (χ3v) is 9.40. The number of ether oxygens (including phenoxy) is 1. The zero-order valence-electron chi connectivity index (χ0n) is 26.7. The number of nitrogens with zero attached hydrogens (tertiary/aromatic N) is 3. The summed E-state index contributed by atoms with van der Waals surface area (Å²) in [5.74, 6) is -0.118. The van der Waals surface area contributed by atoms with E-state index in [1.165, 1.54) is 12.1 Å². The van der Waals surface area contributed by atoms with Crippen LogP contribution in [-0.2, 0) is 32.5 Å². The van der Waals surface area contributed by atoms with Crippen molar-refractivity contribution in [3.63, 3.8) is 0 Å². The SMILES string of the molecule is CC=Nc1c(C[C@@H]2O[C@H](C(=O)NCC)[C@@H](O)[C@H]2O)nc(CNS(=O)(=O)c2ccccc2)nc1NCC(c1ccccc1)c1ccccc1. The highest BCUT2D eigenvalue weighted by atomic mass is 32.2. The van der Waals surface area contributed by atoms with Gasteiger partial charge in [0.1, 0.15) is 23.7 Å². The van der Waals surface area contributed by atoms with Gasteiger partial charge in [0.15, 0.2) is 11.9 Å². The van der Waals surface area contributed by atoms with E-state index in [-0.39, 0.29) is 29.6 Å². The van der Waals surface area contributed by atoms with Gasteiger partial charge in [-0.1, -0.05) is 78.9 Å². The largest absolute Gasteiger partial charge is 0.388 e. The molecule has 0 aliphatic carbocycles. The molecule has 0 bridgehead atoms. The van der Waals surface area contributed by atoms with Crippen molar-refractivity contribution in [3.05, 3.63) is 114 Å². The van der Waals surface area contributed by atoms with Crippen LogP contribution < -0.4 is 15.4 Å². The van der Waals surface area contributed by atoms with Crippen LogP contribution in [0.25, 0.3) is 0 Å². The molecule has 1 aromatic heterocycles. The van der Waals surface area contributed by atoms with Crippen molar-refractivity contribution in [1.29, 1.82) is 0 Å². The van der Waals surface area contributed by atoms with Crippen LogP contribution in [0.15, 0.2) is 101 Å². The number of aliphatic imine (C=N–C) groups is 1. The fourth-order valence-electron chi connectivity index (χ4n) is 5.60. The number of aromatic nitrogens is 2. The number of nitrogens with one attached hydrogen (secondary N) is 3. The molecule has 2 heterocycles. The van der Waals surface area contributed by atoms with Crippen LogP contribution in [0.3, 0.4) is 0 Å². The topological polar surface area (TPSA) is 175 Å². The molecule has 1 fully saturated rings.